The van der Waals surface area contributed by atoms with Crippen LogP contribution in [0.25, 0.3) is 0 Å². The highest BCUT2D eigenvalue weighted by molar-refractivity contribution is 5.51. The lowest BCUT2D eigenvalue weighted by Gasteiger charge is -2.35. The molecule has 1 aromatic carbocycles. The van der Waals surface area contributed by atoms with Crippen molar-refractivity contribution >= 4 is 0 Å². The first-order valence-corrected chi connectivity index (χ1v) is 7.22. The van der Waals surface area contributed by atoms with Gasteiger partial charge >= 0.3 is 0 Å². The van der Waals surface area contributed by atoms with E-state index in [4.69, 9.17) is 15.2 Å². The first kappa shape index (κ1) is 12.8. The average molecular weight is 261 g/mol. The van der Waals surface area contributed by atoms with Crippen molar-refractivity contribution in [3.05, 3.63) is 23.3 Å². The lowest BCUT2D eigenvalue weighted by molar-refractivity contribution is -0.0431. The van der Waals surface area contributed by atoms with Gasteiger partial charge in [0.25, 0.3) is 0 Å². The van der Waals surface area contributed by atoms with Gasteiger partial charge in [0.05, 0.1) is 0 Å². The molecule has 0 unspecified atom stereocenters. The van der Waals surface area contributed by atoms with Gasteiger partial charge in [-0.25, -0.2) is 0 Å². The van der Waals surface area contributed by atoms with Crippen molar-refractivity contribution in [1.82, 2.24) is 0 Å². The summed E-state index contributed by atoms with van der Waals surface area (Å²) in [4.78, 5) is 0. The van der Waals surface area contributed by atoms with Crippen LogP contribution in [0.5, 0.6) is 11.5 Å². The average Bonchev–Trinajstić information content (AvgIpc) is 2.62. The van der Waals surface area contributed by atoms with Crippen LogP contribution in [0.2, 0.25) is 0 Å². The molecular formula is C16H23NO2. The second kappa shape index (κ2) is 4.14. The lowest BCUT2D eigenvalue weighted by atomic mass is 9.76. The first-order chi connectivity index (χ1) is 8.90. The summed E-state index contributed by atoms with van der Waals surface area (Å²) in [6.07, 6.45) is 5.87. The molecule has 0 atom stereocenters. The first-order valence-electron chi connectivity index (χ1n) is 7.22. The molecule has 3 heteroatoms. The standard InChI is InChI=1S/C16H23NO2/c1-11-9-13-14(19-15(2,3)18-13)10-12(11)16(17)7-5-4-6-8-16/h9-10H,4-8,17H2,1-3H3. The van der Waals surface area contributed by atoms with E-state index >= 15 is 0 Å². The molecule has 1 heterocycles. The molecule has 0 aromatic heterocycles. The zero-order valence-corrected chi connectivity index (χ0v) is 12.1. The quantitative estimate of drug-likeness (QED) is 0.839. The van der Waals surface area contributed by atoms with Crippen LogP contribution in [-0.4, -0.2) is 5.79 Å². The van der Waals surface area contributed by atoms with Gasteiger partial charge in [0, 0.05) is 19.4 Å². The Morgan fingerprint density at radius 2 is 1.58 bits per heavy atom. The summed E-state index contributed by atoms with van der Waals surface area (Å²) in [5.41, 5.74) is 8.90. The number of hydrogen-bond acceptors (Lipinski definition) is 3. The fraction of sp³-hybridized carbons (Fsp3) is 0.625. The van der Waals surface area contributed by atoms with Crippen molar-refractivity contribution < 1.29 is 9.47 Å². The second-order valence-corrected chi connectivity index (χ2v) is 6.43. The topological polar surface area (TPSA) is 44.5 Å². The Kier molecular flexibility index (Phi) is 2.79. The normalized spacial score (nSPS) is 23.4. The molecule has 1 aliphatic carbocycles. The summed E-state index contributed by atoms with van der Waals surface area (Å²) >= 11 is 0. The van der Waals surface area contributed by atoms with Gasteiger partial charge in [-0.1, -0.05) is 19.3 Å². The molecule has 104 valence electrons. The zero-order chi connectivity index (χ0) is 13.7. The molecule has 0 saturated heterocycles. The molecule has 0 radical (unpaired) electrons. The number of rotatable bonds is 1. The fourth-order valence-corrected chi connectivity index (χ4v) is 3.36. The third-order valence-electron chi connectivity index (χ3n) is 4.28. The van der Waals surface area contributed by atoms with E-state index in [0.717, 1.165) is 24.3 Å². The molecule has 1 fully saturated rings. The van der Waals surface area contributed by atoms with E-state index in [1.54, 1.807) is 0 Å². The molecular weight excluding hydrogens is 238 g/mol. The van der Waals surface area contributed by atoms with Gasteiger partial charge in [0.2, 0.25) is 5.79 Å². The highest BCUT2D eigenvalue weighted by Gasteiger charge is 2.36. The summed E-state index contributed by atoms with van der Waals surface area (Å²) in [6, 6.07) is 4.17. The van der Waals surface area contributed by atoms with Crippen molar-refractivity contribution in [2.45, 2.75) is 64.2 Å². The Bertz CT molecular complexity index is 502. The molecule has 2 aliphatic rings. The molecule has 19 heavy (non-hydrogen) atoms. The monoisotopic (exact) mass is 261 g/mol. The van der Waals surface area contributed by atoms with E-state index in [1.165, 1.54) is 30.4 Å². The van der Waals surface area contributed by atoms with Crippen molar-refractivity contribution in [3.8, 4) is 11.5 Å². The fourth-order valence-electron chi connectivity index (χ4n) is 3.36. The number of benzene rings is 1. The van der Waals surface area contributed by atoms with Gasteiger partial charge < -0.3 is 15.2 Å². The minimum atomic E-state index is -0.568. The van der Waals surface area contributed by atoms with Crippen LogP contribution in [0.3, 0.4) is 0 Å². The van der Waals surface area contributed by atoms with Gasteiger partial charge in [0.1, 0.15) is 0 Å². The molecule has 0 amide bonds. The Hall–Kier alpha value is -1.22. The molecule has 1 aromatic rings. The van der Waals surface area contributed by atoms with Gasteiger partial charge in [-0.2, -0.15) is 0 Å². The van der Waals surface area contributed by atoms with Crippen molar-refractivity contribution in [3.63, 3.8) is 0 Å². The smallest absolute Gasteiger partial charge is 0.246 e. The van der Waals surface area contributed by atoms with Gasteiger partial charge in [0.15, 0.2) is 11.5 Å². The van der Waals surface area contributed by atoms with Gasteiger partial charge in [-0.3, -0.25) is 0 Å². The van der Waals surface area contributed by atoms with Crippen LogP contribution in [0.1, 0.15) is 57.1 Å². The maximum absolute atomic E-state index is 6.65. The number of ether oxygens (including phenoxy) is 2. The number of aryl methyl sites for hydroxylation is 1. The van der Waals surface area contributed by atoms with E-state index in [-0.39, 0.29) is 5.54 Å². The molecule has 1 saturated carbocycles. The third-order valence-corrected chi connectivity index (χ3v) is 4.28. The van der Waals surface area contributed by atoms with Crippen LogP contribution >= 0.6 is 0 Å². The van der Waals surface area contributed by atoms with Crippen LogP contribution in [0.4, 0.5) is 0 Å². The van der Waals surface area contributed by atoms with Crippen LogP contribution in [0, 0.1) is 6.92 Å². The number of fused-ring (bicyclic) bond motifs is 1. The van der Waals surface area contributed by atoms with Gasteiger partial charge in [-0.05, 0) is 43.0 Å². The van der Waals surface area contributed by atoms with Crippen molar-refractivity contribution in [2.75, 3.05) is 0 Å². The SMILES string of the molecule is Cc1cc2c(cc1C1(N)CCCCC1)OC(C)(C)O2. The van der Waals surface area contributed by atoms with Crippen LogP contribution in [-0.2, 0) is 5.54 Å². The molecule has 0 spiro atoms. The minimum Gasteiger partial charge on any atom is -0.449 e. The Morgan fingerprint density at radius 1 is 1.00 bits per heavy atom. The molecule has 3 rings (SSSR count). The van der Waals surface area contributed by atoms with E-state index in [1.807, 2.05) is 13.8 Å². The van der Waals surface area contributed by atoms with Crippen molar-refractivity contribution in [2.24, 2.45) is 5.73 Å². The summed E-state index contributed by atoms with van der Waals surface area (Å²) < 4.78 is 11.6. The summed E-state index contributed by atoms with van der Waals surface area (Å²) in [6.45, 7) is 5.98. The predicted molar refractivity (Wildman–Crippen MR) is 75.5 cm³/mol. The Morgan fingerprint density at radius 3 is 2.21 bits per heavy atom. The molecule has 0 bridgehead atoms. The predicted octanol–water partition coefficient (Wildman–Crippen LogP) is 3.62. The largest absolute Gasteiger partial charge is 0.449 e. The van der Waals surface area contributed by atoms with E-state index < -0.39 is 5.79 Å². The van der Waals surface area contributed by atoms with E-state index in [2.05, 4.69) is 19.1 Å². The Balaban J connectivity index is 2.00. The number of nitrogens with two attached hydrogens (primary N) is 1. The maximum atomic E-state index is 6.65. The highest BCUT2D eigenvalue weighted by atomic mass is 16.7. The van der Waals surface area contributed by atoms with Gasteiger partial charge in [-0.15, -0.1) is 0 Å². The maximum Gasteiger partial charge on any atom is 0.246 e. The second-order valence-electron chi connectivity index (χ2n) is 6.43. The summed E-state index contributed by atoms with van der Waals surface area (Å²) in [5.74, 6) is 1.11. The molecule has 3 nitrogen and oxygen atoms in total. The lowest BCUT2D eigenvalue weighted by Crippen LogP contribution is -2.39. The summed E-state index contributed by atoms with van der Waals surface area (Å²) in [5, 5.41) is 0. The minimum absolute atomic E-state index is 0.187. The van der Waals surface area contributed by atoms with E-state index in [9.17, 15) is 0 Å². The van der Waals surface area contributed by atoms with E-state index in [0.29, 0.717) is 0 Å². The highest BCUT2D eigenvalue weighted by Crippen LogP contribution is 2.45. The Labute approximate surface area is 115 Å². The third kappa shape index (κ3) is 2.20. The number of hydrogen-bond donors (Lipinski definition) is 1. The molecule has 1 aliphatic heterocycles. The zero-order valence-electron chi connectivity index (χ0n) is 12.1. The molecule has 2 N–H and O–H groups in total. The van der Waals surface area contributed by atoms with Crippen LogP contribution < -0.4 is 15.2 Å². The van der Waals surface area contributed by atoms with Crippen molar-refractivity contribution in [1.29, 1.82) is 0 Å². The van der Waals surface area contributed by atoms with Crippen LogP contribution in [0.15, 0.2) is 12.1 Å². The summed E-state index contributed by atoms with van der Waals surface area (Å²) in [7, 11) is 0.